The monoisotopic (exact) mass is 386 g/mol. The molecular formula is C20H22N2O2S2. The molecule has 0 aliphatic carbocycles. The summed E-state index contributed by atoms with van der Waals surface area (Å²) in [4.78, 5) is 14.6. The van der Waals surface area contributed by atoms with Crippen LogP contribution in [0, 0.1) is 0 Å². The van der Waals surface area contributed by atoms with Crippen molar-refractivity contribution >= 4 is 39.9 Å². The Morgan fingerprint density at radius 2 is 1.69 bits per heavy atom. The van der Waals surface area contributed by atoms with Gasteiger partial charge in [0, 0.05) is 18.8 Å². The first-order valence-corrected chi connectivity index (χ1v) is 10.00. The third-order valence-electron chi connectivity index (χ3n) is 4.11. The highest BCUT2D eigenvalue weighted by molar-refractivity contribution is 8.23. The zero-order valence-corrected chi connectivity index (χ0v) is 16.3. The van der Waals surface area contributed by atoms with Crippen LogP contribution in [0.1, 0.15) is 19.8 Å². The molecule has 1 unspecified atom stereocenters. The number of carbonyl (C=O) groups excluding carboxylic acids is 1. The number of carbonyl (C=O) groups is 1. The number of hydrogen-bond acceptors (Lipinski definition) is 4. The Kier molecular flexibility index (Phi) is 6.52. The summed E-state index contributed by atoms with van der Waals surface area (Å²) in [6.45, 7) is 3.89. The first-order chi connectivity index (χ1) is 12.6. The highest BCUT2D eigenvalue weighted by Crippen LogP contribution is 2.24. The highest BCUT2D eigenvalue weighted by Gasteiger charge is 2.21. The molecule has 1 heterocycles. The Bertz CT molecular complexity index is 744. The Labute approximate surface area is 163 Å². The molecule has 136 valence electrons. The van der Waals surface area contributed by atoms with Gasteiger partial charge in [0.05, 0.1) is 5.25 Å². The van der Waals surface area contributed by atoms with Crippen molar-refractivity contribution in [1.82, 2.24) is 4.90 Å². The van der Waals surface area contributed by atoms with Crippen molar-refractivity contribution in [3.8, 4) is 11.5 Å². The van der Waals surface area contributed by atoms with Crippen LogP contribution in [0.5, 0.6) is 11.5 Å². The largest absolute Gasteiger partial charge is 0.457 e. The minimum atomic E-state index is -0.233. The second-order valence-electron chi connectivity index (χ2n) is 6.15. The van der Waals surface area contributed by atoms with E-state index in [0.717, 1.165) is 34.6 Å². The molecule has 1 atom stereocenters. The van der Waals surface area contributed by atoms with Crippen LogP contribution in [0.4, 0.5) is 5.69 Å². The van der Waals surface area contributed by atoms with E-state index >= 15 is 0 Å². The number of amides is 1. The van der Waals surface area contributed by atoms with Gasteiger partial charge < -0.3 is 15.0 Å². The molecule has 1 fully saturated rings. The van der Waals surface area contributed by atoms with Crippen LogP contribution >= 0.6 is 24.0 Å². The van der Waals surface area contributed by atoms with Gasteiger partial charge in [-0.2, -0.15) is 0 Å². The number of rotatable bonds is 5. The number of nitrogens with zero attached hydrogens (tertiary/aromatic N) is 1. The first-order valence-electron chi connectivity index (χ1n) is 8.71. The van der Waals surface area contributed by atoms with Crippen LogP contribution in [-0.2, 0) is 4.79 Å². The second kappa shape index (κ2) is 9.05. The Hall–Kier alpha value is -2.05. The van der Waals surface area contributed by atoms with Crippen molar-refractivity contribution in [2.24, 2.45) is 0 Å². The van der Waals surface area contributed by atoms with Gasteiger partial charge in [-0.25, -0.2) is 0 Å². The van der Waals surface area contributed by atoms with Crippen molar-refractivity contribution in [2.75, 3.05) is 18.4 Å². The molecule has 1 aliphatic rings. The predicted molar refractivity (Wildman–Crippen MR) is 112 cm³/mol. The minimum absolute atomic E-state index is 0.0479. The number of hydrogen-bond donors (Lipinski definition) is 1. The standard InChI is InChI=1S/C20H22N2O2S2/c1-15(26-20(25)22-13-5-6-14-22)19(23)21-16-9-11-18(12-10-16)24-17-7-3-2-4-8-17/h2-4,7-12,15H,5-6,13-14H2,1H3,(H,21,23). The molecule has 4 nitrogen and oxygen atoms in total. The van der Waals surface area contributed by atoms with Crippen molar-refractivity contribution in [2.45, 2.75) is 25.0 Å². The van der Waals surface area contributed by atoms with E-state index in [0.29, 0.717) is 0 Å². The number of ether oxygens (including phenoxy) is 1. The average Bonchev–Trinajstić information content (AvgIpc) is 3.19. The molecule has 2 aromatic rings. The molecule has 0 spiro atoms. The summed E-state index contributed by atoms with van der Waals surface area (Å²) in [7, 11) is 0. The lowest BCUT2D eigenvalue weighted by Crippen LogP contribution is -2.29. The van der Waals surface area contributed by atoms with Gasteiger partial charge in [0.1, 0.15) is 15.8 Å². The minimum Gasteiger partial charge on any atom is -0.457 e. The van der Waals surface area contributed by atoms with Crippen LogP contribution in [0.25, 0.3) is 0 Å². The summed E-state index contributed by atoms with van der Waals surface area (Å²) in [6, 6.07) is 17.0. The third-order valence-corrected chi connectivity index (χ3v) is 5.69. The van der Waals surface area contributed by atoms with E-state index in [1.807, 2.05) is 61.5 Å². The zero-order chi connectivity index (χ0) is 18.4. The lowest BCUT2D eigenvalue weighted by molar-refractivity contribution is -0.115. The molecule has 1 N–H and O–H groups in total. The van der Waals surface area contributed by atoms with Gasteiger partial charge in [0.15, 0.2) is 0 Å². The molecule has 0 aromatic heterocycles. The quantitative estimate of drug-likeness (QED) is 0.739. The Morgan fingerprint density at radius 1 is 1.08 bits per heavy atom. The lowest BCUT2D eigenvalue weighted by Gasteiger charge is -2.20. The van der Waals surface area contributed by atoms with Crippen LogP contribution in [0.3, 0.4) is 0 Å². The number of benzene rings is 2. The number of likely N-dealkylation sites (tertiary alicyclic amines) is 1. The summed E-state index contributed by atoms with van der Waals surface area (Å²) in [6.07, 6.45) is 2.36. The van der Waals surface area contributed by atoms with Gasteiger partial charge in [-0.05, 0) is 56.2 Å². The molecule has 26 heavy (non-hydrogen) atoms. The van der Waals surface area contributed by atoms with Gasteiger partial charge in [-0.3, -0.25) is 4.79 Å². The van der Waals surface area contributed by atoms with E-state index in [1.54, 1.807) is 0 Å². The summed E-state index contributed by atoms with van der Waals surface area (Å²) in [5.74, 6) is 1.46. The van der Waals surface area contributed by atoms with Gasteiger partial charge in [-0.1, -0.05) is 42.2 Å². The Balaban J connectivity index is 1.51. The SMILES string of the molecule is CC(SC(=S)N1CCCC1)C(=O)Nc1ccc(Oc2ccccc2)cc1. The van der Waals surface area contributed by atoms with Crippen molar-refractivity contribution in [3.63, 3.8) is 0 Å². The van der Waals surface area contributed by atoms with E-state index in [-0.39, 0.29) is 11.2 Å². The van der Waals surface area contributed by atoms with Gasteiger partial charge in [-0.15, -0.1) is 0 Å². The molecule has 1 aliphatic heterocycles. The van der Waals surface area contributed by atoms with E-state index in [2.05, 4.69) is 10.2 Å². The van der Waals surface area contributed by atoms with Crippen LogP contribution in [0.2, 0.25) is 0 Å². The molecule has 0 bridgehead atoms. The van der Waals surface area contributed by atoms with E-state index in [1.165, 1.54) is 24.6 Å². The van der Waals surface area contributed by atoms with E-state index in [4.69, 9.17) is 17.0 Å². The number of nitrogens with one attached hydrogen (secondary N) is 1. The van der Waals surface area contributed by atoms with Crippen LogP contribution in [-0.4, -0.2) is 33.5 Å². The summed E-state index contributed by atoms with van der Waals surface area (Å²) in [5, 5.41) is 2.70. The van der Waals surface area contributed by atoms with Gasteiger partial charge in [0.25, 0.3) is 0 Å². The topological polar surface area (TPSA) is 41.6 Å². The maximum Gasteiger partial charge on any atom is 0.237 e. The lowest BCUT2D eigenvalue weighted by atomic mass is 10.3. The fraction of sp³-hybridized carbons (Fsp3) is 0.300. The first kappa shape index (κ1) is 18.7. The van der Waals surface area contributed by atoms with Crippen molar-refractivity contribution < 1.29 is 9.53 Å². The number of thiocarbonyl (C=S) groups is 1. The maximum atomic E-state index is 12.4. The van der Waals surface area contributed by atoms with Gasteiger partial charge in [0.2, 0.25) is 5.91 Å². The number of thioether (sulfide) groups is 1. The number of anilines is 1. The maximum absolute atomic E-state index is 12.4. The fourth-order valence-electron chi connectivity index (χ4n) is 2.65. The molecule has 0 radical (unpaired) electrons. The van der Waals surface area contributed by atoms with Crippen LogP contribution in [0.15, 0.2) is 54.6 Å². The highest BCUT2D eigenvalue weighted by atomic mass is 32.2. The molecule has 6 heteroatoms. The van der Waals surface area contributed by atoms with Gasteiger partial charge >= 0.3 is 0 Å². The average molecular weight is 387 g/mol. The predicted octanol–water partition coefficient (Wildman–Crippen LogP) is 4.92. The molecule has 1 saturated heterocycles. The van der Waals surface area contributed by atoms with Crippen LogP contribution < -0.4 is 10.1 Å². The summed E-state index contributed by atoms with van der Waals surface area (Å²) >= 11 is 6.90. The summed E-state index contributed by atoms with van der Waals surface area (Å²) < 4.78 is 6.57. The van der Waals surface area contributed by atoms with Crippen molar-refractivity contribution in [1.29, 1.82) is 0 Å². The number of para-hydroxylation sites is 1. The zero-order valence-electron chi connectivity index (χ0n) is 14.7. The Morgan fingerprint density at radius 3 is 2.35 bits per heavy atom. The normalized spacial score (nSPS) is 14.7. The molecule has 3 rings (SSSR count). The van der Waals surface area contributed by atoms with E-state index < -0.39 is 0 Å². The van der Waals surface area contributed by atoms with E-state index in [9.17, 15) is 4.79 Å². The van der Waals surface area contributed by atoms with Crippen molar-refractivity contribution in [3.05, 3.63) is 54.6 Å². The smallest absolute Gasteiger partial charge is 0.237 e. The molecular weight excluding hydrogens is 364 g/mol. The summed E-state index contributed by atoms with van der Waals surface area (Å²) in [5.41, 5.74) is 0.745. The fourth-order valence-corrected chi connectivity index (χ4v) is 4.07. The molecule has 0 saturated carbocycles. The third kappa shape index (κ3) is 5.22. The second-order valence-corrected chi connectivity index (χ2v) is 8.12. The molecule has 2 aromatic carbocycles. The molecule has 1 amide bonds.